The lowest BCUT2D eigenvalue weighted by Gasteiger charge is -2.12. The molecule has 0 saturated carbocycles. The molecule has 0 N–H and O–H groups in total. The van der Waals surface area contributed by atoms with Crippen molar-refractivity contribution >= 4 is 9.84 Å². The second kappa shape index (κ2) is 5.13. The van der Waals surface area contributed by atoms with E-state index in [-0.39, 0.29) is 5.92 Å². The summed E-state index contributed by atoms with van der Waals surface area (Å²) < 4.78 is 22.8. The molecule has 0 fully saturated rings. The summed E-state index contributed by atoms with van der Waals surface area (Å²) in [6.07, 6.45) is 3.01. The van der Waals surface area contributed by atoms with E-state index >= 15 is 0 Å². The Morgan fingerprint density at radius 3 is 2.11 bits per heavy atom. The number of benzene rings is 1. The molecule has 0 bridgehead atoms. The van der Waals surface area contributed by atoms with Crippen molar-refractivity contribution < 1.29 is 8.42 Å². The lowest BCUT2D eigenvalue weighted by atomic mass is 9.94. The Morgan fingerprint density at radius 2 is 1.63 bits per heavy atom. The first-order chi connectivity index (χ1) is 8.88. The molecule has 99 valence electrons. The van der Waals surface area contributed by atoms with Crippen LogP contribution in [0, 0.1) is 13.8 Å². The van der Waals surface area contributed by atoms with Crippen molar-refractivity contribution in [2.75, 3.05) is 6.26 Å². The zero-order valence-electron chi connectivity index (χ0n) is 11.0. The largest absolute Gasteiger partial charge is 0.261 e. The van der Waals surface area contributed by atoms with Crippen molar-refractivity contribution in [2.45, 2.75) is 17.7 Å². The van der Waals surface area contributed by atoms with Crippen LogP contribution in [0.5, 0.6) is 0 Å². The Kier molecular flexibility index (Phi) is 3.71. The van der Waals surface area contributed by atoms with Crippen LogP contribution in [0.2, 0.25) is 0 Å². The minimum Gasteiger partial charge on any atom is -0.261 e. The van der Waals surface area contributed by atoms with Crippen molar-refractivity contribution in [3.8, 4) is 0 Å². The van der Waals surface area contributed by atoms with Crippen molar-refractivity contribution in [3.63, 3.8) is 0 Å². The molecule has 0 aliphatic rings. The second-order valence-electron chi connectivity index (χ2n) is 4.63. The molecule has 1 radical (unpaired) electrons. The van der Waals surface area contributed by atoms with Gasteiger partial charge >= 0.3 is 0 Å². The van der Waals surface area contributed by atoms with Gasteiger partial charge in [0.15, 0.2) is 9.84 Å². The van der Waals surface area contributed by atoms with Gasteiger partial charge in [-0.25, -0.2) is 8.42 Å². The van der Waals surface area contributed by atoms with Crippen LogP contribution in [-0.2, 0) is 9.84 Å². The zero-order valence-corrected chi connectivity index (χ0v) is 11.8. The molecule has 2 aromatic rings. The monoisotopic (exact) mass is 274 g/mol. The molecule has 1 unspecified atom stereocenters. The van der Waals surface area contributed by atoms with Gasteiger partial charge in [0.2, 0.25) is 0 Å². The summed E-state index contributed by atoms with van der Waals surface area (Å²) in [7, 11) is -3.15. The molecule has 1 aromatic carbocycles. The number of rotatable bonds is 3. The number of pyridine rings is 1. The summed E-state index contributed by atoms with van der Waals surface area (Å²) >= 11 is 0. The van der Waals surface area contributed by atoms with Gasteiger partial charge in [0.05, 0.1) is 4.90 Å². The smallest absolute Gasteiger partial charge is 0.175 e. The number of hydrogen-bond donors (Lipinski definition) is 0. The van der Waals surface area contributed by atoms with E-state index in [4.69, 9.17) is 0 Å². The van der Waals surface area contributed by atoms with E-state index < -0.39 is 9.84 Å². The third-order valence-electron chi connectivity index (χ3n) is 3.05. The van der Waals surface area contributed by atoms with E-state index in [0.717, 1.165) is 16.8 Å². The Morgan fingerprint density at radius 1 is 1.05 bits per heavy atom. The highest BCUT2D eigenvalue weighted by Gasteiger charge is 2.11. The van der Waals surface area contributed by atoms with Crippen LogP contribution in [-0.4, -0.2) is 19.7 Å². The minimum absolute atomic E-state index is 0.0540. The first-order valence-corrected chi connectivity index (χ1v) is 7.83. The SMILES string of the molecule is [CH2]C(c1ccc(S(C)(=O)=O)cc1)c1ccc(C)nc1. The van der Waals surface area contributed by atoms with Crippen LogP contribution < -0.4 is 0 Å². The Balaban J connectivity index is 2.30. The zero-order chi connectivity index (χ0) is 14.0. The number of aromatic nitrogens is 1. The van der Waals surface area contributed by atoms with Crippen LogP contribution in [0.1, 0.15) is 22.7 Å². The topological polar surface area (TPSA) is 47.0 Å². The molecule has 2 rings (SSSR count). The van der Waals surface area contributed by atoms with Crippen molar-refractivity contribution in [1.82, 2.24) is 4.98 Å². The normalized spacial score (nSPS) is 13.2. The molecule has 1 aromatic heterocycles. The van der Waals surface area contributed by atoms with Crippen LogP contribution in [0.4, 0.5) is 0 Å². The lowest BCUT2D eigenvalue weighted by molar-refractivity contribution is 0.602. The van der Waals surface area contributed by atoms with Crippen LogP contribution in [0.3, 0.4) is 0 Å². The Bertz CT molecular complexity index is 658. The van der Waals surface area contributed by atoms with E-state index in [1.807, 2.05) is 19.1 Å². The number of nitrogens with zero attached hydrogens (tertiary/aromatic N) is 1. The van der Waals surface area contributed by atoms with Crippen LogP contribution in [0.15, 0.2) is 47.5 Å². The molecule has 0 saturated heterocycles. The van der Waals surface area contributed by atoms with Gasteiger partial charge in [-0.3, -0.25) is 4.98 Å². The molecule has 0 aliphatic heterocycles. The molecule has 0 amide bonds. The highest BCUT2D eigenvalue weighted by atomic mass is 32.2. The first-order valence-electron chi connectivity index (χ1n) is 5.93. The number of hydrogen-bond acceptors (Lipinski definition) is 3. The lowest BCUT2D eigenvalue weighted by Crippen LogP contribution is -2.00. The van der Waals surface area contributed by atoms with Gasteiger partial charge in [-0.05, 0) is 43.2 Å². The number of sulfone groups is 1. The van der Waals surface area contributed by atoms with E-state index in [1.165, 1.54) is 6.26 Å². The molecule has 1 atom stereocenters. The molecule has 0 aliphatic carbocycles. The predicted octanol–water partition coefficient (Wildman–Crippen LogP) is 2.76. The van der Waals surface area contributed by atoms with E-state index in [1.54, 1.807) is 30.5 Å². The highest BCUT2D eigenvalue weighted by Crippen LogP contribution is 2.24. The summed E-state index contributed by atoms with van der Waals surface area (Å²) in [4.78, 5) is 4.57. The molecule has 1 heterocycles. The van der Waals surface area contributed by atoms with Gasteiger partial charge in [-0.1, -0.05) is 18.2 Å². The third kappa shape index (κ3) is 3.20. The van der Waals surface area contributed by atoms with Gasteiger partial charge in [0.1, 0.15) is 0 Å². The predicted molar refractivity (Wildman–Crippen MR) is 75.7 cm³/mol. The minimum atomic E-state index is -3.15. The standard InChI is InChI=1S/C15H16NO2S/c1-11-4-5-14(10-16-11)12(2)13-6-8-15(9-7-13)19(3,17)18/h4-10,12H,2H2,1,3H3. The van der Waals surface area contributed by atoms with E-state index in [2.05, 4.69) is 11.9 Å². The highest BCUT2D eigenvalue weighted by molar-refractivity contribution is 7.90. The van der Waals surface area contributed by atoms with Crippen molar-refractivity contribution in [2.24, 2.45) is 0 Å². The summed E-state index contributed by atoms with van der Waals surface area (Å²) in [5, 5.41) is 0. The van der Waals surface area contributed by atoms with Crippen LogP contribution >= 0.6 is 0 Å². The summed E-state index contributed by atoms with van der Waals surface area (Å²) in [6, 6.07) is 10.8. The van der Waals surface area contributed by atoms with E-state index in [0.29, 0.717) is 4.90 Å². The third-order valence-corrected chi connectivity index (χ3v) is 4.18. The van der Waals surface area contributed by atoms with Crippen molar-refractivity contribution in [3.05, 3.63) is 66.3 Å². The van der Waals surface area contributed by atoms with Gasteiger partial charge in [-0.2, -0.15) is 0 Å². The average Bonchev–Trinajstić information content (AvgIpc) is 2.38. The maximum Gasteiger partial charge on any atom is 0.175 e. The fraction of sp³-hybridized carbons (Fsp3) is 0.200. The van der Waals surface area contributed by atoms with Gasteiger partial charge < -0.3 is 0 Å². The first kappa shape index (κ1) is 13.7. The second-order valence-corrected chi connectivity index (χ2v) is 6.64. The fourth-order valence-corrected chi connectivity index (χ4v) is 2.46. The Hall–Kier alpha value is -1.68. The fourth-order valence-electron chi connectivity index (χ4n) is 1.83. The quantitative estimate of drug-likeness (QED) is 0.864. The van der Waals surface area contributed by atoms with Crippen molar-refractivity contribution in [1.29, 1.82) is 0 Å². The average molecular weight is 274 g/mol. The maximum absolute atomic E-state index is 11.4. The van der Waals surface area contributed by atoms with Gasteiger partial charge in [-0.15, -0.1) is 0 Å². The molecule has 0 spiro atoms. The summed E-state index contributed by atoms with van der Waals surface area (Å²) in [5.74, 6) is -0.0540. The molecular weight excluding hydrogens is 258 g/mol. The molecule has 3 nitrogen and oxygen atoms in total. The number of aryl methyl sites for hydroxylation is 1. The van der Waals surface area contributed by atoms with Crippen LogP contribution in [0.25, 0.3) is 0 Å². The maximum atomic E-state index is 11.4. The summed E-state index contributed by atoms with van der Waals surface area (Å²) in [6.45, 7) is 6.04. The van der Waals surface area contributed by atoms with Gasteiger partial charge in [0, 0.05) is 24.1 Å². The Labute approximate surface area is 114 Å². The molecule has 19 heavy (non-hydrogen) atoms. The van der Waals surface area contributed by atoms with E-state index in [9.17, 15) is 8.42 Å². The molecular formula is C15H16NO2S. The van der Waals surface area contributed by atoms with Gasteiger partial charge in [0.25, 0.3) is 0 Å². The summed E-state index contributed by atoms with van der Waals surface area (Å²) in [5.41, 5.74) is 2.94. The molecule has 4 heteroatoms.